The molecule has 0 aromatic carbocycles. The van der Waals surface area contributed by atoms with E-state index in [1.165, 1.54) is 0 Å². The molecule has 0 aliphatic heterocycles. The van der Waals surface area contributed by atoms with Crippen molar-refractivity contribution in [3.05, 3.63) is 54.9 Å². The zero-order valence-electron chi connectivity index (χ0n) is 15.5. The van der Waals surface area contributed by atoms with Gasteiger partial charge in [0.25, 0.3) is 0 Å². The van der Waals surface area contributed by atoms with Crippen molar-refractivity contribution >= 4 is 0 Å². The van der Waals surface area contributed by atoms with E-state index in [0.29, 0.717) is 39.6 Å². The Labute approximate surface area is 158 Å². The zero-order valence-corrected chi connectivity index (χ0v) is 15.5. The monoisotopic (exact) mass is 368 g/mol. The number of pyridine rings is 2. The van der Waals surface area contributed by atoms with Crippen molar-refractivity contribution in [2.45, 2.75) is 6.54 Å². The van der Waals surface area contributed by atoms with Crippen LogP contribution in [-0.2, 0) is 20.8 Å². The third kappa shape index (κ3) is 5.68. The van der Waals surface area contributed by atoms with Crippen LogP contribution in [0.1, 0.15) is 0 Å². The van der Waals surface area contributed by atoms with Gasteiger partial charge in [-0.05, 0) is 30.3 Å². The molecule has 0 saturated heterocycles. The molecule has 0 bridgehead atoms. The summed E-state index contributed by atoms with van der Waals surface area (Å²) >= 11 is 0. The van der Waals surface area contributed by atoms with Crippen LogP contribution in [0.25, 0.3) is 22.8 Å². The van der Waals surface area contributed by atoms with Gasteiger partial charge in [0, 0.05) is 19.5 Å². The quantitative estimate of drug-likeness (QED) is 0.485. The summed E-state index contributed by atoms with van der Waals surface area (Å²) in [5.74, 6) is 0. The van der Waals surface area contributed by atoms with Gasteiger partial charge in [0.1, 0.15) is 5.69 Å². The predicted octanol–water partition coefficient (Wildman–Crippen LogP) is 2.69. The highest BCUT2D eigenvalue weighted by atomic mass is 16.5. The standard InChI is InChI=1S/C20H24N4O3/c1-25-12-13-27-15-14-26-11-10-24-20(18-7-3-5-9-22-18)16-19(23-24)17-6-2-4-8-21-17/h2-9,16H,10-15H2,1H3. The van der Waals surface area contributed by atoms with Gasteiger partial charge in [-0.3, -0.25) is 14.6 Å². The summed E-state index contributed by atoms with van der Waals surface area (Å²) in [5.41, 5.74) is 3.46. The second-order valence-corrected chi connectivity index (χ2v) is 5.79. The maximum atomic E-state index is 5.66. The molecule has 3 aromatic heterocycles. The lowest BCUT2D eigenvalue weighted by Crippen LogP contribution is -2.13. The molecule has 0 amide bonds. The van der Waals surface area contributed by atoms with Gasteiger partial charge in [0.05, 0.1) is 56.7 Å². The molecule has 0 N–H and O–H groups in total. The summed E-state index contributed by atoms with van der Waals surface area (Å²) in [6.07, 6.45) is 3.54. The molecular formula is C20H24N4O3. The van der Waals surface area contributed by atoms with E-state index in [0.717, 1.165) is 22.8 Å². The number of nitrogens with zero attached hydrogens (tertiary/aromatic N) is 4. The van der Waals surface area contributed by atoms with E-state index in [1.807, 2.05) is 47.1 Å². The minimum absolute atomic E-state index is 0.539. The first-order chi connectivity index (χ1) is 13.4. The van der Waals surface area contributed by atoms with Crippen LogP contribution < -0.4 is 0 Å². The van der Waals surface area contributed by atoms with Crippen LogP contribution in [0.4, 0.5) is 0 Å². The highest BCUT2D eigenvalue weighted by Gasteiger charge is 2.12. The SMILES string of the molecule is COCCOCCOCCn1nc(-c2ccccn2)cc1-c1ccccn1. The third-order valence-electron chi connectivity index (χ3n) is 3.89. The number of hydrogen-bond acceptors (Lipinski definition) is 6. The summed E-state index contributed by atoms with van der Waals surface area (Å²) in [6.45, 7) is 3.42. The molecule has 0 aliphatic carbocycles. The van der Waals surface area contributed by atoms with Crippen molar-refractivity contribution in [1.29, 1.82) is 0 Å². The summed E-state index contributed by atoms with van der Waals surface area (Å²) in [4.78, 5) is 8.84. The Kier molecular flexibility index (Phi) is 7.46. The number of methoxy groups -OCH3 is 1. The molecule has 27 heavy (non-hydrogen) atoms. The van der Waals surface area contributed by atoms with Gasteiger partial charge >= 0.3 is 0 Å². The fourth-order valence-electron chi connectivity index (χ4n) is 2.56. The van der Waals surface area contributed by atoms with Crippen molar-refractivity contribution in [3.63, 3.8) is 0 Å². The normalized spacial score (nSPS) is 11.0. The van der Waals surface area contributed by atoms with Crippen molar-refractivity contribution in [1.82, 2.24) is 19.7 Å². The van der Waals surface area contributed by atoms with Crippen LogP contribution in [0.15, 0.2) is 54.9 Å². The van der Waals surface area contributed by atoms with Gasteiger partial charge in [-0.25, -0.2) is 0 Å². The summed E-state index contributed by atoms with van der Waals surface area (Å²) < 4.78 is 17.9. The van der Waals surface area contributed by atoms with E-state index in [1.54, 1.807) is 19.5 Å². The Morgan fingerprint density at radius 1 is 0.778 bits per heavy atom. The van der Waals surface area contributed by atoms with Crippen molar-refractivity contribution < 1.29 is 14.2 Å². The minimum atomic E-state index is 0.539. The molecule has 0 unspecified atom stereocenters. The Balaban J connectivity index is 1.63. The number of rotatable bonds is 11. The van der Waals surface area contributed by atoms with E-state index in [2.05, 4.69) is 9.97 Å². The van der Waals surface area contributed by atoms with Crippen molar-refractivity contribution in [2.75, 3.05) is 40.1 Å². The van der Waals surface area contributed by atoms with Gasteiger partial charge in [-0.15, -0.1) is 0 Å². The average Bonchev–Trinajstić information content (AvgIpc) is 3.15. The number of ether oxygens (including phenoxy) is 3. The van der Waals surface area contributed by atoms with Crippen LogP contribution in [0, 0.1) is 0 Å². The molecule has 0 saturated carbocycles. The van der Waals surface area contributed by atoms with E-state index in [4.69, 9.17) is 19.3 Å². The number of hydrogen-bond donors (Lipinski definition) is 0. The first-order valence-corrected chi connectivity index (χ1v) is 8.93. The number of aromatic nitrogens is 4. The van der Waals surface area contributed by atoms with E-state index >= 15 is 0 Å². The molecule has 7 nitrogen and oxygen atoms in total. The van der Waals surface area contributed by atoms with Crippen LogP contribution in [-0.4, -0.2) is 59.9 Å². The first kappa shape index (κ1) is 19.2. The molecule has 0 aliphatic rings. The molecule has 0 spiro atoms. The maximum absolute atomic E-state index is 5.66. The lowest BCUT2D eigenvalue weighted by molar-refractivity contribution is 0.0226. The lowest BCUT2D eigenvalue weighted by Gasteiger charge is -2.08. The third-order valence-corrected chi connectivity index (χ3v) is 3.89. The summed E-state index contributed by atoms with van der Waals surface area (Å²) in [7, 11) is 1.66. The maximum Gasteiger partial charge on any atom is 0.111 e. The summed E-state index contributed by atoms with van der Waals surface area (Å²) in [6, 6.07) is 13.6. The van der Waals surface area contributed by atoms with Crippen LogP contribution >= 0.6 is 0 Å². The van der Waals surface area contributed by atoms with Gasteiger partial charge < -0.3 is 14.2 Å². The van der Waals surface area contributed by atoms with Gasteiger partial charge in [-0.1, -0.05) is 12.1 Å². The minimum Gasteiger partial charge on any atom is -0.382 e. The highest BCUT2D eigenvalue weighted by Crippen LogP contribution is 2.23. The smallest absolute Gasteiger partial charge is 0.111 e. The van der Waals surface area contributed by atoms with Crippen molar-refractivity contribution in [3.8, 4) is 22.8 Å². The zero-order chi connectivity index (χ0) is 18.7. The largest absolute Gasteiger partial charge is 0.382 e. The molecule has 3 aromatic rings. The second-order valence-electron chi connectivity index (χ2n) is 5.79. The Morgan fingerprint density at radius 3 is 2.11 bits per heavy atom. The fourth-order valence-corrected chi connectivity index (χ4v) is 2.56. The van der Waals surface area contributed by atoms with E-state index in [9.17, 15) is 0 Å². The highest BCUT2D eigenvalue weighted by molar-refractivity contribution is 5.64. The topological polar surface area (TPSA) is 71.3 Å². The average molecular weight is 368 g/mol. The first-order valence-electron chi connectivity index (χ1n) is 8.93. The molecule has 7 heteroatoms. The predicted molar refractivity (Wildman–Crippen MR) is 102 cm³/mol. The Bertz CT molecular complexity index is 794. The van der Waals surface area contributed by atoms with Crippen molar-refractivity contribution in [2.24, 2.45) is 0 Å². The van der Waals surface area contributed by atoms with E-state index in [-0.39, 0.29) is 0 Å². The van der Waals surface area contributed by atoms with Gasteiger partial charge in [0.2, 0.25) is 0 Å². The van der Waals surface area contributed by atoms with E-state index < -0.39 is 0 Å². The van der Waals surface area contributed by atoms with Crippen LogP contribution in [0.2, 0.25) is 0 Å². The Morgan fingerprint density at radius 2 is 1.44 bits per heavy atom. The molecular weight excluding hydrogens is 344 g/mol. The fraction of sp³-hybridized carbons (Fsp3) is 0.350. The molecule has 0 atom stereocenters. The molecule has 3 rings (SSSR count). The molecule has 142 valence electrons. The molecule has 3 heterocycles. The summed E-state index contributed by atoms with van der Waals surface area (Å²) in [5, 5.41) is 4.70. The van der Waals surface area contributed by atoms with Crippen LogP contribution in [0.3, 0.4) is 0 Å². The Hall–Kier alpha value is -2.61. The second kappa shape index (κ2) is 10.5. The van der Waals surface area contributed by atoms with Gasteiger partial charge in [0.15, 0.2) is 0 Å². The molecule has 0 radical (unpaired) electrons. The van der Waals surface area contributed by atoms with Gasteiger partial charge in [-0.2, -0.15) is 5.10 Å². The molecule has 0 fully saturated rings. The van der Waals surface area contributed by atoms with Crippen LogP contribution in [0.5, 0.6) is 0 Å². The lowest BCUT2D eigenvalue weighted by atomic mass is 10.2.